The van der Waals surface area contributed by atoms with Crippen LogP contribution in [0.1, 0.15) is 24.3 Å². The number of sulfone groups is 1. The number of hydrogen-bond acceptors (Lipinski definition) is 10. The highest BCUT2D eigenvalue weighted by Gasteiger charge is 2.30. The minimum Gasteiger partial charge on any atom is -0.494 e. The first-order valence-electron chi connectivity index (χ1n) is 10.5. The average molecular weight is 503 g/mol. The lowest BCUT2D eigenvalue weighted by molar-refractivity contribution is 0.390. The number of aromatic nitrogens is 6. The lowest BCUT2D eigenvalue weighted by atomic mass is 10.2. The van der Waals surface area contributed by atoms with Crippen LogP contribution >= 0.6 is 0 Å². The van der Waals surface area contributed by atoms with Crippen LogP contribution in [0, 0.1) is 12.7 Å². The summed E-state index contributed by atoms with van der Waals surface area (Å²) in [7, 11) is -0.786. The second-order valence-electron chi connectivity index (χ2n) is 7.74. The fourth-order valence-corrected chi connectivity index (χ4v) is 4.76. The van der Waals surface area contributed by atoms with Gasteiger partial charge in [0.1, 0.15) is 35.0 Å². The van der Waals surface area contributed by atoms with Crippen LogP contribution in [0.2, 0.25) is 0 Å². The third-order valence-corrected chi connectivity index (χ3v) is 7.49. The molecule has 0 aliphatic rings. The van der Waals surface area contributed by atoms with Crippen molar-refractivity contribution in [2.75, 3.05) is 14.2 Å². The van der Waals surface area contributed by atoms with Crippen LogP contribution in [0.3, 0.4) is 0 Å². The Morgan fingerprint density at radius 2 is 1.77 bits per heavy atom. The Morgan fingerprint density at radius 3 is 2.34 bits per heavy atom. The summed E-state index contributed by atoms with van der Waals surface area (Å²) in [5.41, 5.74) is 1.50. The highest BCUT2D eigenvalue weighted by atomic mass is 32.2. The molecule has 1 aromatic carbocycles. The summed E-state index contributed by atoms with van der Waals surface area (Å²) in [6.07, 6.45) is 3.41. The number of benzene rings is 1. The number of para-hydroxylation sites is 1. The molecule has 184 valence electrons. The van der Waals surface area contributed by atoms with Crippen molar-refractivity contribution >= 4 is 9.84 Å². The molecule has 0 saturated carbocycles. The normalized spacial score (nSPS) is 12.5. The zero-order valence-corrected chi connectivity index (χ0v) is 20.3. The molecule has 0 amide bonds. The van der Waals surface area contributed by atoms with E-state index in [0.29, 0.717) is 34.3 Å². The number of ether oxygens (including phenoxy) is 2. The quantitative estimate of drug-likeness (QED) is 0.336. The molecule has 3 heterocycles. The maximum atomic E-state index is 13.3. The highest BCUT2D eigenvalue weighted by Crippen LogP contribution is 2.37. The fraction of sp³-hybridized carbons (Fsp3) is 0.318. The zero-order valence-electron chi connectivity index (χ0n) is 19.5. The van der Waals surface area contributed by atoms with Crippen LogP contribution in [0.5, 0.6) is 11.5 Å². The Labute approximate surface area is 200 Å². The second kappa shape index (κ2) is 9.78. The first kappa shape index (κ1) is 24.3. The summed E-state index contributed by atoms with van der Waals surface area (Å²) in [6, 6.07) is 5.18. The first-order valence-corrected chi connectivity index (χ1v) is 12.2. The van der Waals surface area contributed by atoms with Crippen molar-refractivity contribution in [1.29, 1.82) is 0 Å². The molecular formula is C22H23FN6O5S. The topological polar surface area (TPSA) is 135 Å². The molecule has 0 saturated heterocycles. The van der Waals surface area contributed by atoms with Crippen LogP contribution in [-0.2, 0) is 22.0 Å². The van der Waals surface area contributed by atoms with E-state index in [9.17, 15) is 12.8 Å². The van der Waals surface area contributed by atoms with Gasteiger partial charge in [0.15, 0.2) is 27.3 Å². The van der Waals surface area contributed by atoms with Crippen molar-refractivity contribution in [2.45, 2.75) is 31.3 Å². The van der Waals surface area contributed by atoms with Gasteiger partial charge in [0, 0.05) is 6.42 Å². The maximum Gasteiger partial charge on any atom is 0.174 e. The molecule has 3 aromatic heterocycles. The first-order chi connectivity index (χ1) is 16.7. The number of nitrogens with zero attached hydrogens (tertiary/aromatic N) is 6. The van der Waals surface area contributed by atoms with Crippen LogP contribution < -0.4 is 9.47 Å². The van der Waals surface area contributed by atoms with Gasteiger partial charge >= 0.3 is 0 Å². The van der Waals surface area contributed by atoms with E-state index in [1.54, 1.807) is 29.7 Å². The number of aryl methyl sites for hydroxylation is 1. The number of rotatable bonds is 9. The smallest absolute Gasteiger partial charge is 0.174 e. The summed E-state index contributed by atoms with van der Waals surface area (Å²) in [5, 5.41) is 11.5. The van der Waals surface area contributed by atoms with Crippen LogP contribution in [0.25, 0.3) is 17.1 Å². The predicted molar refractivity (Wildman–Crippen MR) is 122 cm³/mol. The summed E-state index contributed by atoms with van der Waals surface area (Å²) in [5.74, 6) is 0.461. The lowest BCUT2D eigenvalue weighted by Crippen LogP contribution is -2.24. The van der Waals surface area contributed by atoms with Crippen molar-refractivity contribution in [2.24, 2.45) is 0 Å². The van der Waals surface area contributed by atoms with Gasteiger partial charge in [-0.3, -0.25) is 4.57 Å². The molecule has 0 aliphatic carbocycles. The summed E-state index contributed by atoms with van der Waals surface area (Å²) in [6.45, 7) is 3.27. The molecule has 11 nitrogen and oxygen atoms in total. The van der Waals surface area contributed by atoms with Gasteiger partial charge < -0.3 is 14.0 Å². The van der Waals surface area contributed by atoms with E-state index < -0.39 is 26.7 Å². The SMILES string of the molecule is COc1cccc(OC)c1-n1c(CS(=O)(=O)[C@@H](C)Cc2ncc(F)cn2)nnc1-c1conc1C. The van der Waals surface area contributed by atoms with Gasteiger partial charge in [-0.1, -0.05) is 11.2 Å². The molecular weight excluding hydrogens is 479 g/mol. The third-order valence-electron chi connectivity index (χ3n) is 5.43. The number of methoxy groups -OCH3 is 2. The molecule has 0 unspecified atom stereocenters. The van der Waals surface area contributed by atoms with Crippen LogP contribution in [0.4, 0.5) is 4.39 Å². The summed E-state index contributed by atoms with van der Waals surface area (Å²) < 4.78 is 57.5. The van der Waals surface area contributed by atoms with E-state index in [4.69, 9.17) is 14.0 Å². The molecule has 4 aromatic rings. The van der Waals surface area contributed by atoms with E-state index in [0.717, 1.165) is 12.4 Å². The second-order valence-corrected chi connectivity index (χ2v) is 10.2. The molecule has 4 rings (SSSR count). The Kier molecular flexibility index (Phi) is 6.78. The highest BCUT2D eigenvalue weighted by molar-refractivity contribution is 7.91. The van der Waals surface area contributed by atoms with E-state index in [-0.39, 0.29) is 18.1 Å². The monoisotopic (exact) mass is 502 g/mol. The number of hydrogen-bond donors (Lipinski definition) is 0. The van der Waals surface area contributed by atoms with E-state index in [2.05, 4.69) is 25.3 Å². The Balaban J connectivity index is 1.80. The number of halogens is 1. The Bertz CT molecular complexity index is 1410. The van der Waals surface area contributed by atoms with Crippen molar-refractivity contribution in [1.82, 2.24) is 29.9 Å². The van der Waals surface area contributed by atoms with Gasteiger partial charge in [-0.15, -0.1) is 10.2 Å². The zero-order chi connectivity index (χ0) is 25.2. The molecule has 35 heavy (non-hydrogen) atoms. The predicted octanol–water partition coefficient (Wildman–Crippen LogP) is 2.72. The summed E-state index contributed by atoms with van der Waals surface area (Å²) in [4.78, 5) is 7.73. The van der Waals surface area contributed by atoms with Gasteiger partial charge in [-0.25, -0.2) is 22.8 Å². The molecule has 0 spiro atoms. The molecule has 0 fully saturated rings. The minimum atomic E-state index is -3.77. The largest absolute Gasteiger partial charge is 0.494 e. The molecule has 0 aliphatic heterocycles. The van der Waals surface area contributed by atoms with Gasteiger partial charge in [-0.05, 0) is 26.0 Å². The maximum absolute atomic E-state index is 13.3. The summed E-state index contributed by atoms with van der Waals surface area (Å²) >= 11 is 0. The Morgan fingerprint density at radius 1 is 1.11 bits per heavy atom. The van der Waals surface area contributed by atoms with Gasteiger partial charge in [-0.2, -0.15) is 0 Å². The van der Waals surface area contributed by atoms with Gasteiger partial charge in [0.25, 0.3) is 0 Å². The standard InChI is InChI=1S/C22H23FN6O5S/c1-13(8-19-24-9-15(23)10-25-19)35(30,31)12-20-26-27-22(16-11-34-28-14(16)2)29(20)21-17(32-3)6-5-7-18(21)33-4/h5-7,9-11,13H,8,12H2,1-4H3/t13-/m0/s1. The van der Waals surface area contributed by atoms with Gasteiger partial charge in [0.05, 0.1) is 43.1 Å². The van der Waals surface area contributed by atoms with Crippen LogP contribution in [-0.4, -0.2) is 57.8 Å². The van der Waals surface area contributed by atoms with Crippen LogP contribution in [0.15, 0.2) is 41.4 Å². The van der Waals surface area contributed by atoms with Gasteiger partial charge in [0.2, 0.25) is 0 Å². The van der Waals surface area contributed by atoms with E-state index in [1.165, 1.54) is 27.4 Å². The van der Waals surface area contributed by atoms with Crippen molar-refractivity contribution < 1.29 is 26.8 Å². The minimum absolute atomic E-state index is 0.00630. The lowest BCUT2D eigenvalue weighted by Gasteiger charge is -2.18. The Hall–Kier alpha value is -3.87. The van der Waals surface area contributed by atoms with Crippen molar-refractivity contribution in [3.05, 3.63) is 60.0 Å². The fourth-order valence-electron chi connectivity index (χ4n) is 3.53. The van der Waals surface area contributed by atoms with Crippen molar-refractivity contribution in [3.63, 3.8) is 0 Å². The van der Waals surface area contributed by atoms with E-state index in [1.807, 2.05) is 0 Å². The molecule has 0 N–H and O–H groups in total. The molecule has 0 radical (unpaired) electrons. The van der Waals surface area contributed by atoms with Crippen molar-refractivity contribution in [3.8, 4) is 28.6 Å². The molecule has 0 bridgehead atoms. The molecule has 13 heteroatoms. The third kappa shape index (κ3) is 4.85. The molecule has 1 atom stereocenters. The van der Waals surface area contributed by atoms with E-state index >= 15 is 0 Å². The average Bonchev–Trinajstić information content (AvgIpc) is 3.44.